The smallest absolute Gasteiger partial charge is 0.0839 e. The highest BCUT2D eigenvalue weighted by molar-refractivity contribution is 5.38. The Morgan fingerprint density at radius 1 is 1.29 bits per heavy atom. The number of aryl methyl sites for hydroxylation is 1. The van der Waals surface area contributed by atoms with E-state index in [-0.39, 0.29) is 6.04 Å². The summed E-state index contributed by atoms with van der Waals surface area (Å²) in [7, 11) is 1.98. The van der Waals surface area contributed by atoms with Gasteiger partial charge >= 0.3 is 0 Å². The monoisotopic (exact) mass is 283 g/mol. The third kappa shape index (κ3) is 3.03. The molecule has 1 unspecified atom stereocenters. The van der Waals surface area contributed by atoms with Crippen LogP contribution in [0.4, 0.5) is 0 Å². The van der Waals surface area contributed by atoms with Gasteiger partial charge in [0.25, 0.3) is 0 Å². The number of hydrogen-bond donors (Lipinski definition) is 1. The van der Waals surface area contributed by atoms with Crippen LogP contribution >= 0.6 is 0 Å². The van der Waals surface area contributed by atoms with Crippen molar-refractivity contribution in [1.82, 2.24) is 15.1 Å². The Morgan fingerprint density at radius 3 is 2.71 bits per heavy atom. The first-order valence-corrected chi connectivity index (χ1v) is 8.11. The molecule has 0 amide bonds. The van der Waals surface area contributed by atoms with Gasteiger partial charge in [-0.25, -0.2) is 0 Å². The Balaban J connectivity index is 1.95. The number of nitrogens with one attached hydrogen (secondary N) is 1. The van der Waals surface area contributed by atoms with E-state index in [1.807, 2.05) is 17.9 Å². The van der Waals surface area contributed by atoms with E-state index in [9.17, 15) is 0 Å². The highest BCUT2D eigenvalue weighted by Crippen LogP contribution is 2.40. The zero-order valence-electron chi connectivity index (χ0n) is 13.0. The molecule has 1 atom stereocenters. The summed E-state index contributed by atoms with van der Waals surface area (Å²) in [5.41, 5.74) is 4.05. The zero-order valence-corrected chi connectivity index (χ0v) is 13.0. The molecule has 0 aliphatic heterocycles. The summed E-state index contributed by atoms with van der Waals surface area (Å²) in [5.74, 6) is 0.746. The topological polar surface area (TPSA) is 29.9 Å². The lowest BCUT2D eigenvalue weighted by Crippen LogP contribution is -2.26. The summed E-state index contributed by atoms with van der Waals surface area (Å²) in [5, 5.41) is 8.32. The fourth-order valence-corrected chi connectivity index (χ4v) is 3.11. The predicted octanol–water partition coefficient (Wildman–Crippen LogP) is 3.78. The van der Waals surface area contributed by atoms with Gasteiger partial charge in [0.05, 0.1) is 11.7 Å². The lowest BCUT2D eigenvalue weighted by Gasteiger charge is -2.30. The SMILES string of the molecule is CCCNC(c1ccn(C)n1)c1ccccc1C1CCC1. The van der Waals surface area contributed by atoms with E-state index >= 15 is 0 Å². The number of benzene rings is 1. The van der Waals surface area contributed by atoms with Crippen LogP contribution in [0.25, 0.3) is 0 Å². The molecule has 1 saturated carbocycles. The van der Waals surface area contributed by atoms with Crippen molar-refractivity contribution in [2.45, 2.75) is 44.6 Å². The lowest BCUT2D eigenvalue weighted by atomic mass is 9.77. The molecular formula is C18H25N3. The Bertz CT molecular complexity index is 584. The van der Waals surface area contributed by atoms with Crippen molar-refractivity contribution in [3.05, 3.63) is 53.3 Å². The van der Waals surface area contributed by atoms with Crippen molar-refractivity contribution in [1.29, 1.82) is 0 Å². The second-order valence-electron chi connectivity index (χ2n) is 6.06. The molecule has 0 saturated heterocycles. The first-order chi connectivity index (χ1) is 10.3. The number of hydrogen-bond acceptors (Lipinski definition) is 2. The molecule has 1 aliphatic carbocycles. The second kappa shape index (κ2) is 6.44. The van der Waals surface area contributed by atoms with E-state index in [2.05, 4.69) is 47.7 Å². The Morgan fingerprint density at radius 2 is 2.10 bits per heavy atom. The van der Waals surface area contributed by atoms with Crippen molar-refractivity contribution in [2.75, 3.05) is 6.54 Å². The van der Waals surface area contributed by atoms with Gasteiger partial charge in [0.1, 0.15) is 0 Å². The van der Waals surface area contributed by atoms with Gasteiger partial charge in [-0.15, -0.1) is 0 Å². The fraction of sp³-hybridized carbons (Fsp3) is 0.500. The van der Waals surface area contributed by atoms with Crippen LogP contribution in [0.2, 0.25) is 0 Å². The Kier molecular flexibility index (Phi) is 4.39. The molecule has 0 radical (unpaired) electrons. The van der Waals surface area contributed by atoms with E-state index in [0.29, 0.717) is 0 Å². The van der Waals surface area contributed by atoms with Gasteiger partial charge < -0.3 is 5.32 Å². The molecule has 3 nitrogen and oxygen atoms in total. The van der Waals surface area contributed by atoms with Crippen LogP contribution in [0.1, 0.15) is 61.4 Å². The normalized spacial score (nSPS) is 16.7. The molecule has 0 spiro atoms. The molecule has 21 heavy (non-hydrogen) atoms. The van der Waals surface area contributed by atoms with Crippen molar-refractivity contribution >= 4 is 0 Å². The lowest BCUT2D eigenvalue weighted by molar-refractivity contribution is 0.413. The average Bonchev–Trinajstić information content (AvgIpc) is 2.85. The maximum Gasteiger partial charge on any atom is 0.0839 e. The molecule has 2 aromatic rings. The van der Waals surface area contributed by atoms with Gasteiger partial charge in [-0.1, -0.05) is 37.6 Å². The van der Waals surface area contributed by atoms with Crippen LogP contribution in [-0.2, 0) is 7.05 Å². The van der Waals surface area contributed by atoms with Crippen LogP contribution in [0.3, 0.4) is 0 Å². The minimum atomic E-state index is 0.211. The van der Waals surface area contributed by atoms with E-state index in [0.717, 1.165) is 24.6 Å². The molecule has 1 aromatic carbocycles. The molecule has 1 aliphatic rings. The van der Waals surface area contributed by atoms with Crippen LogP contribution < -0.4 is 5.32 Å². The summed E-state index contributed by atoms with van der Waals surface area (Å²) in [6, 6.07) is 11.2. The molecule has 1 aromatic heterocycles. The first-order valence-electron chi connectivity index (χ1n) is 8.11. The first kappa shape index (κ1) is 14.3. The van der Waals surface area contributed by atoms with Gasteiger partial charge in [0.2, 0.25) is 0 Å². The van der Waals surface area contributed by atoms with E-state index < -0.39 is 0 Å². The molecule has 112 valence electrons. The summed E-state index contributed by atoms with van der Waals surface area (Å²) in [6.45, 7) is 3.22. The Hall–Kier alpha value is -1.61. The largest absolute Gasteiger partial charge is 0.305 e. The molecule has 1 N–H and O–H groups in total. The maximum absolute atomic E-state index is 4.64. The van der Waals surface area contributed by atoms with Gasteiger partial charge in [-0.3, -0.25) is 4.68 Å². The minimum absolute atomic E-state index is 0.211. The predicted molar refractivity (Wildman–Crippen MR) is 86.4 cm³/mol. The van der Waals surface area contributed by atoms with E-state index in [1.165, 1.54) is 30.4 Å². The van der Waals surface area contributed by atoms with Crippen molar-refractivity contribution < 1.29 is 0 Å². The molecule has 3 rings (SSSR count). The summed E-state index contributed by atoms with van der Waals surface area (Å²) in [6.07, 6.45) is 7.20. The number of aromatic nitrogens is 2. The van der Waals surface area contributed by atoms with Crippen molar-refractivity contribution in [2.24, 2.45) is 7.05 Å². The third-order valence-electron chi connectivity index (χ3n) is 4.48. The average molecular weight is 283 g/mol. The molecule has 1 fully saturated rings. The highest BCUT2D eigenvalue weighted by Gasteiger charge is 2.26. The van der Waals surface area contributed by atoms with Crippen LogP contribution in [0, 0.1) is 0 Å². The number of nitrogens with zero attached hydrogens (tertiary/aromatic N) is 2. The summed E-state index contributed by atoms with van der Waals surface area (Å²) >= 11 is 0. The van der Waals surface area contributed by atoms with Crippen molar-refractivity contribution in [3.63, 3.8) is 0 Å². The standard InChI is InChI=1S/C18H25N3/c1-3-12-19-18(17-11-13-21(2)20-17)16-10-5-4-9-15(16)14-7-6-8-14/h4-5,9-11,13-14,18-19H,3,6-8,12H2,1-2H3. The zero-order chi connectivity index (χ0) is 14.7. The molecule has 0 bridgehead atoms. The molecular weight excluding hydrogens is 258 g/mol. The molecule has 1 heterocycles. The minimum Gasteiger partial charge on any atom is -0.305 e. The van der Waals surface area contributed by atoms with E-state index in [4.69, 9.17) is 0 Å². The molecule has 3 heteroatoms. The van der Waals surface area contributed by atoms with E-state index in [1.54, 1.807) is 0 Å². The Labute approximate surface area is 127 Å². The maximum atomic E-state index is 4.64. The van der Waals surface area contributed by atoms with Gasteiger partial charge in [-0.2, -0.15) is 5.10 Å². The highest BCUT2D eigenvalue weighted by atomic mass is 15.3. The van der Waals surface area contributed by atoms with Crippen molar-refractivity contribution in [3.8, 4) is 0 Å². The van der Waals surface area contributed by atoms with Crippen LogP contribution in [0.5, 0.6) is 0 Å². The quantitative estimate of drug-likeness (QED) is 0.874. The van der Waals surface area contributed by atoms with Gasteiger partial charge in [0, 0.05) is 13.2 Å². The van der Waals surface area contributed by atoms with Gasteiger partial charge in [0.15, 0.2) is 0 Å². The summed E-state index contributed by atoms with van der Waals surface area (Å²) in [4.78, 5) is 0. The van der Waals surface area contributed by atoms with Gasteiger partial charge in [-0.05, 0) is 48.9 Å². The third-order valence-corrected chi connectivity index (χ3v) is 4.48. The second-order valence-corrected chi connectivity index (χ2v) is 6.06. The van der Waals surface area contributed by atoms with Crippen LogP contribution in [0.15, 0.2) is 36.5 Å². The fourth-order valence-electron chi connectivity index (χ4n) is 3.11. The number of rotatable bonds is 6. The van der Waals surface area contributed by atoms with Crippen LogP contribution in [-0.4, -0.2) is 16.3 Å². The summed E-state index contributed by atoms with van der Waals surface area (Å²) < 4.78 is 1.89.